The summed E-state index contributed by atoms with van der Waals surface area (Å²) in [5.74, 6) is -1.23. The molecule has 2 aromatic carbocycles. The predicted molar refractivity (Wildman–Crippen MR) is 114 cm³/mol. The summed E-state index contributed by atoms with van der Waals surface area (Å²) in [4.78, 5) is 29.5. The largest absolute Gasteiger partial charge is 0.459 e. The first kappa shape index (κ1) is 20.5. The van der Waals surface area contributed by atoms with Crippen LogP contribution in [0.3, 0.4) is 0 Å². The van der Waals surface area contributed by atoms with Crippen molar-refractivity contribution in [2.75, 3.05) is 5.32 Å². The number of carbonyl (C=O) groups is 2. The minimum atomic E-state index is -0.588. The van der Waals surface area contributed by atoms with Crippen LogP contribution >= 0.6 is 11.3 Å². The Labute approximate surface area is 181 Å². The third-order valence-electron chi connectivity index (χ3n) is 4.47. The van der Waals surface area contributed by atoms with Crippen LogP contribution in [0.15, 0.2) is 70.7 Å². The second-order valence-electron chi connectivity index (χ2n) is 6.66. The number of furan rings is 1. The van der Waals surface area contributed by atoms with Crippen LogP contribution < -0.4 is 5.32 Å². The summed E-state index contributed by atoms with van der Waals surface area (Å²) < 4.78 is 23.6. The molecule has 0 saturated heterocycles. The van der Waals surface area contributed by atoms with Crippen molar-refractivity contribution in [3.05, 3.63) is 94.6 Å². The van der Waals surface area contributed by atoms with Crippen LogP contribution in [0.4, 0.5) is 10.1 Å². The van der Waals surface area contributed by atoms with Gasteiger partial charge in [0.25, 0.3) is 5.91 Å². The van der Waals surface area contributed by atoms with E-state index in [1.54, 1.807) is 48.7 Å². The summed E-state index contributed by atoms with van der Waals surface area (Å²) in [6.07, 6.45) is 1.40. The Bertz CT molecular complexity index is 1220. The predicted octanol–water partition coefficient (Wildman–Crippen LogP) is 5.46. The quantitative estimate of drug-likeness (QED) is 0.406. The smallest absolute Gasteiger partial charge is 0.340 e. The Kier molecular flexibility index (Phi) is 5.90. The van der Waals surface area contributed by atoms with Gasteiger partial charge in [0.2, 0.25) is 0 Å². The van der Waals surface area contributed by atoms with Gasteiger partial charge in [-0.1, -0.05) is 12.1 Å². The molecule has 6 nitrogen and oxygen atoms in total. The second kappa shape index (κ2) is 8.93. The van der Waals surface area contributed by atoms with Crippen LogP contribution in [0.25, 0.3) is 10.6 Å². The number of ether oxygens (including phenoxy) is 1. The number of para-hydroxylation sites is 1. The van der Waals surface area contributed by atoms with Gasteiger partial charge in [0.15, 0.2) is 5.76 Å². The van der Waals surface area contributed by atoms with E-state index in [2.05, 4.69) is 10.3 Å². The number of carbonyl (C=O) groups excluding carboxylic acids is 2. The fourth-order valence-corrected chi connectivity index (χ4v) is 3.71. The summed E-state index contributed by atoms with van der Waals surface area (Å²) in [6, 6.07) is 14.2. The lowest BCUT2D eigenvalue weighted by Crippen LogP contribution is -2.16. The van der Waals surface area contributed by atoms with E-state index in [0.29, 0.717) is 22.0 Å². The number of hydrogen-bond acceptors (Lipinski definition) is 6. The van der Waals surface area contributed by atoms with E-state index in [-0.39, 0.29) is 23.7 Å². The summed E-state index contributed by atoms with van der Waals surface area (Å²) in [5.41, 5.74) is 2.66. The molecule has 2 heterocycles. The number of benzene rings is 2. The molecular weight excluding hydrogens is 419 g/mol. The first-order valence-corrected chi connectivity index (χ1v) is 10.2. The molecule has 0 radical (unpaired) electrons. The molecule has 4 rings (SSSR count). The van der Waals surface area contributed by atoms with Crippen molar-refractivity contribution in [3.63, 3.8) is 0 Å². The number of nitrogens with one attached hydrogen (secondary N) is 1. The highest BCUT2D eigenvalue weighted by Gasteiger charge is 2.19. The van der Waals surface area contributed by atoms with Gasteiger partial charge in [-0.3, -0.25) is 4.79 Å². The molecule has 1 amide bonds. The molecule has 31 heavy (non-hydrogen) atoms. The summed E-state index contributed by atoms with van der Waals surface area (Å²) in [7, 11) is 0. The number of esters is 1. The molecule has 0 fully saturated rings. The van der Waals surface area contributed by atoms with Gasteiger partial charge in [-0.2, -0.15) is 0 Å². The number of nitrogens with zero attached hydrogens (tertiary/aromatic N) is 1. The zero-order valence-corrected chi connectivity index (χ0v) is 17.2. The monoisotopic (exact) mass is 436 g/mol. The maximum atomic E-state index is 13.1. The van der Waals surface area contributed by atoms with E-state index in [1.807, 2.05) is 0 Å². The Morgan fingerprint density at radius 2 is 1.94 bits per heavy atom. The lowest BCUT2D eigenvalue weighted by Gasteiger charge is -2.12. The van der Waals surface area contributed by atoms with Crippen molar-refractivity contribution >= 4 is 28.9 Å². The van der Waals surface area contributed by atoms with Gasteiger partial charge in [0.1, 0.15) is 17.4 Å². The lowest BCUT2D eigenvalue weighted by atomic mass is 10.1. The highest BCUT2D eigenvalue weighted by Crippen LogP contribution is 2.26. The minimum absolute atomic E-state index is 0.0317. The number of rotatable bonds is 6. The highest BCUT2D eigenvalue weighted by atomic mass is 32.1. The maximum absolute atomic E-state index is 13.1. The molecule has 0 aliphatic heterocycles. The fraction of sp³-hybridized carbons (Fsp3) is 0.0870. The van der Waals surface area contributed by atoms with E-state index < -0.39 is 11.9 Å². The molecule has 0 aliphatic carbocycles. The zero-order chi connectivity index (χ0) is 21.8. The van der Waals surface area contributed by atoms with Crippen LogP contribution in [-0.2, 0) is 11.3 Å². The number of anilines is 1. The molecule has 0 bridgehead atoms. The van der Waals surface area contributed by atoms with Gasteiger partial charge in [-0.15, -0.1) is 11.3 Å². The summed E-state index contributed by atoms with van der Waals surface area (Å²) in [6.45, 7) is 1.75. The normalized spacial score (nSPS) is 10.6. The van der Waals surface area contributed by atoms with Crippen LogP contribution in [0.5, 0.6) is 0 Å². The van der Waals surface area contributed by atoms with Crippen molar-refractivity contribution in [1.29, 1.82) is 0 Å². The van der Waals surface area contributed by atoms with E-state index in [1.165, 1.54) is 35.8 Å². The number of amides is 1. The van der Waals surface area contributed by atoms with Gasteiger partial charge >= 0.3 is 5.97 Å². The van der Waals surface area contributed by atoms with Crippen molar-refractivity contribution < 1.29 is 23.1 Å². The van der Waals surface area contributed by atoms with Crippen molar-refractivity contribution in [2.45, 2.75) is 13.5 Å². The zero-order valence-electron chi connectivity index (χ0n) is 16.4. The first-order chi connectivity index (χ1) is 15.0. The fourth-order valence-electron chi connectivity index (χ4n) is 2.90. The van der Waals surface area contributed by atoms with Crippen LogP contribution in [-0.4, -0.2) is 16.9 Å². The summed E-state index contributed by atoms with van der Waals surface area (Å²) in [5, 5.41) is 5.19. The van der Waals surface area contributed by atoms with Crippen molar-refractivity contribution in [1.82, 2.24) is 4.98 Å². The Morgan fingerprint density at radius 3 is 2.68 bits per heavy atom. The third kappa shape index (κ3) is 4.70. The van der Waals surface area contributed by atoms with Gasteiger partial charge in [-0.25, -0.2) is 14.2 Å². The molecule has 8 heteroatoms. The van der Waals surface area contributed by atoms with Crippen molar-refractivity contribution in [2.24, 2.45) is 0 Å². The number of halogens is 1. The lowest BCUT2D eigenvalue weighted by molar-refractivity contribution is 0.0469. The molecule has 0 unspecified atom stereocenters. The highest BCUT2D eigenvalue weighted by molar-refractivity contribution is 7.13. The Hall–Kier alpha value is -3.78. The summed E-state index contributed by atoms with van der Waals surface area (Å²) >= 11 is 1.38. The third-order valence-corrected chi connectivity index (χ3v) is 5.41. The minimum Gasteiger partial charge on any atom is -0.459 e. The van der Waals surface area contributed by atoms with Crippen molar-refractivity contribution in [3.8, 4) is 10.6 Å². The molecule has 0 aliphatic rings. The Morgan fingerprint density at radius 1 is 1.13 bits per heavy atom. The number of thiazole rings is 1. The molecule has 0 spiro atoms. The average molecular weight is 436 g/mol. The molecule has 2 aromatic heterocycles. The maximum Gasteiger partial charge on any atom is 0.340 e. The molecule has 156 valence electrons. The molecule has 0 saturated carbocycles. The molecular formula is C23H17FN2O4S. The van der Waals surface area contributed by atoms with Crippen LogP contribution in [0.2, 0.25) is 0 Å². The van der Waals surface area contributed by atoms with Gasteiger partial charge < -0.3 is 14.5 Å². The SMILES string of the molecule is Cc1cccc(C(=O)OCc2csc(-c3ccc(F)cc3)n2)c1NC(=O)c1ccco1. The van der Waals surface area contributed by atoms with E-state index in [9.17, 15) is 14.0 Å². The van der Waals surface area contributed by atoms with E-state index in [0.717, 1.165) is 5.56 Å². The topological polar surface area (TPSA) is 81.4 Å². The van der Waals surface area contributed by atoms with Gasteiger partial charge in [0, 0.05) is 10.9 Å². The van der Waals surface area contributed by atoms with Gasteiger partial charge in [-0.05, 0) is 55.0 Å². The average Bonchev–Trinajstić information content (AvgIpc) is 3.46. The Balaban J connectivity index is 1.46. The van der Waals surface area contributed by atoms with Crippen LogP contribution in [0, 0.1) is 12.7 Å². The number of hydrogen-bond donors (Lipinski definition) is 1. The van der Waals surface area contributed by atoms with Gasteiger partial charge in [0.05, 0.1) is 23.2 Å². The first-order valence-electron chi connectivity index (χ1n) is 9.33. The molecule has 0 atom stereocenters. The van der Waals surface area contributed by atoms with E-state index in [4.69, 9.17) is 9.15 Å². The standard InChI is InChI=1S/C23H17FN2O4S/c1-14-4-2-5-18(20(14)26-21(27)19-6-3-11-29-19)23(28)30-12-17-13-31-22(25-17)15-7-9-16(24)10-8-15/h2-11,13H,12H2,1H3,(H,26,27). The number of aromatic nitrogens is 1. The second-order valence-corrected chi connectivity index (χ2v) is 7.51. The van der Waals surface area contributed by atoms with Crippen LogP contribution in [0.1, 0.15) is 32.2 Å². The van der Waals surface area contributed by atoms with E-state index >= 15 is 0 Å². The number of aryl methyl sites for hydroxylation is 1. The molecule has 4 aromatic rings. The molecule has 1 N–H and O–H groups in total.